The van der Waals surface area contributed by atoms with Crippen LogP contribution < -0.4 is 14.9 Å². The highest BCUT2D eigenvalue weighted by Crippen LogP contribution is 2.34. The van der Waals surface area contributed by atoms with Crippen LogP contribution in [0.3, 0.4) is 0 Å². The number of ether oxygens (including phenoxy) is 1. The average Bonchev–Trinajstić information content (AvgIpc) is 3.42. The Morgan fingerprint density at radius 3 is 2.49 bits per heavy atom. The molecule has 2 aromatic heterocycles. The van der Waals surface area contributed by atoms with E-state index in [1.165, 1.54) is 13.4 Å². The van der Waals surface area contributed by atoms with Crippen LogP contribution in [0.1, 0.15) is 31.2 Å². The van der Waals surface area contributed by atoms with Crippen molar-refractivity contribution in [1.29, 1.82) is 0 Å². The smallest absolute Gasteiger partial charge is 0.312 e. The van der Waals surface area contributed by atoms with Crippen LogP contribution in [-0.2, 0) is 32.7 Å². The van der Waals surface area contributed by atoms with Gasteiger partial charge in [0.2, 0.25) is 10.0 Å². The van der Waals surface area contributed by atoms with Gasteiger partial charge in [-0.2, -0.15) is 0 Å². The summed E-state index contributed by atoms with van der Waals surface area (Å²) in [6.07, 6.45) is 6.83. The van der Waals surface area contributed by atoms with Crippen LogP contribution in [0.2, 0.25) is 10.0 Å². The van der Waals surface area contributed by atoms with Crippen LogP contribution in [0.15, 0.2) is 61.1 Å². The molecule has 2 N–H and O–H groups in total. The molecule has 4 aromatic rings. The minimum absolute atomic E-state index is 0.000511. The molecule has 10 nitrogen and oxygen atoms in total. The fraction of sp³-hybridized carbons (Fsp3) is 0.367. The highest BCUT2D eigenvalue weighted by molar-refractivity contribution is 7.89. The molecule has 0 spiro atoms. The van der Waals surface area contributed by atoms with E-state index in [2.05, 4.69) is 24.9 Å². The second-order valence-corrected chi connectivity index (χ2v) is 13.5. The second-order valence-electron chi connectivity index (χ2n) is 10.7. The van der Waals surface area contributed by atoms with Crippen molar-refractivity contribution in [2.45, 2.75) is 44.9 Å². The van der Waals surface area contributed by atoms with Gasteiger partial charge in [0.05, 0.1) is 33.3 Å². The van der Waals surface area contributed by atoms with E-state index in [1.807, 2.05) is 43.6 Å². The van der Waals surface area contributed by atoms with Crippen LogP contribution in [0, 0.1) is 5.92 Å². The van der Waals surface area contributed by atoms with Gasteiger partial charge in [-0.05, 0) is 68.5 Å². The zero-order valence-electron chi connectivity index (χ0n) is 24.0. The van der Waals surface area contributed by atoms with Gasteiger partial charge in [0.1, 0.15) is 17.8 Å². The Kier molecular flexibility index (Phi) is 9.75. The van der Waals surface area contributed by atoms with Crippen molar-refractivity contribution >= 4 is 67.4 Å². The van der Waals surface area contributed by atoms with Crippen molar-refractivity contribution in [2.24, 2.45) is 5.92 Å². The summed E-state index contributed by atoms with van der Waals surface area (Å²) < 4.78 is 33.8. The molecule has 2 heterocycles. The van der Waals surface area contributed by atoms with Crippen LogP contribution in [0.5, 0.6) is 0 Å². The Labute approximate surface area is 261 Å². The van der Waals surface area contributed by atoms with Gasteiger partial charge in [0.25, 0.3) is 0 Å². The van der Waals surface area contributed by atoms with Gasteiger partial charge in [-0.25, -0.2) is 23.1 Å². The predicted octanol–water partition coefficient (Wildman–Crippen LogP) is 5.77. The first-order chi connectivity index (χ1) is 20.6. The lowest BCUT2D eigenvalue weighted by molar-refractivity contribution is -0.146. The number of sulfonamides is 1. The lowest BCUT2D eigenvalue weighted by Crippen LogP contribution is -2.38. The third-order valence-corrected chi connectivity index (χ3v) is 10.1. The Balaban J connectivity index is 1.22. The van der Waals surface area contributed by atoms with E-state index in [-0.39, 0.29) is 30.9 Å². The van der Waals surface area contributed by atoms with Crippen LogP contribution in [0.4, 0.5) is 17.2 Å². The number of carbonyl (C=O) groups excluding carboxylic acids is 1. The number of nitrogens with zero attached hydrogens (tertiary/aromatic N) is 4. The van der Waals surface area contributed by atoms with E-state index in [4.69, 9.17) is 27.9 Å². The molecule has 0 aliphatic heterocycles. The second kappa shape index (κ2) is 13.5. The molecule has 0 atom stereocenters. The standard InChI is InChI=1S/C30H34Cl2N6O4S/c1-33-43(40,41)17-20-10-12-22(13-11-20)37(2)29-23-14-15-38(30(23)35-18-34-29)19-42-27(39)16-21-6-3-4-9-26(21)36-28-24(31)7-5-8-25(28)32/h3-9,14-15,18,20,22,33,36H,10-13,16-17,19H2,1-2H3. The number of para-hydroxylation sites is 2. The van der Waals surface area contributed by atoms with Crippen LogP contribution in [0.25, 0.3) is 11.0 Å². The molecule has 2 aromatic carbocycles. The number of anilines is 3. The SMILES string of the molecule is CNS(=O)(=O)CC1CCC(N(C)c2ncnc3c2ccn3COC(=O)Cc2ccccc2Nc2c(Cl)cccc2Cl)CC1. The van der Waals surface area contributed by atoms with Gasteiger partial charge < -0.3 is 15.0 Å². The van der Waals surface area contributed by atoms with E-state index in [1.54, 1.807) is 22.8 Å². The summed E-state index contributed by atoms with van der Waals surface area (Å²) in [6, 6.07) is 14.8. The van der Waals surface area contributed by atoms with E-state index in [0.29, 0.717) is 27.1 Å². The third-order valence-electron chi connectivity index (χ3n) is 7.94. The van der Waals surface area contributed by atoms with Gasteiger partial charge in [-0.1, -0.05) is 47.5 Å². The summed E-state index contributed by atoms with van der Waals surface area (Å²) in [6.45, 7) is -0.000511. The number of hydrogen-bond donors (Lipinski definition) is 2. The molecule has 0 radical (unpaired) electrons. The Bertz CT molecular complexity index is 1690. The quantitative estimate of drug-likeness (QED) is 0.198. The number of aromatic nitrogens is 3. The molecule has 1 aliphatic rings. The van der Waals surface area contributed by atoms with E-state index >= 15 is 0 Å². The molecule has 228 valence electrons. The minimum Gasteiger partial charge on any atom is -0.444 e. The van der Waals surface area contributed by atoms with Crippen molar-refractivity contribution in [2.75, 3.05) is 30.1 Å². The van der Waals surface area contributed by atoms with Crippen molar-refractivity contribution in [1.82, 2.24) is 19.3 Å². The van der Waals surface area contributed by atoms with Crippen molar-refractivity contribution in [3.8, 4) is 0 Å². The molecular weight excluding hydrogens is 611 g/mol. The van der Waals surface area contributed by atoms with Crippen molar-refractivity contribution in [3.63, 3.8) is 0 Å². The number of fused-ring (bicyclic) bond motifs is 1. The molecule has 0 saturated heterocycles. The van der Waals surface area contributed by atoms with E-state index in [0.717, 1.165) is 42.5 Å². The Morgan fingerprint density at radius 1 is 1.05 bits per heavy atom. The Morgan fingerprint density at radius 2 is 1.77 bits per heavy atom. The first-order valence-corrected chi connectivity index (χ1v) is 16.4. The molecule has 5 rings (SSSR count). The largest absolute Gasteiger partial charge is 0.444 e. The Hall–Kier alpha value is -3.38. The monoisotopic (exact) mass is 644 g/mol. The van der Waals surface area contributed by atoms with Crippen molar-refractivity contribution < 1.29 is 17.9 Å². The molecule has 43 heavy (non-hydrogen) atoms. The molecule has 0 unspecified atom stereocenters. The molecule has 1 aliphatic carbocycles. The first-order valence-electron chi connectivity index (χ1n) is 14.0. The maximum absolute atomic E-state index is 12.9. The van der Waals surface area contributed by atoms with E-state index < -0.39 is 16.0 Å². The first kappa shape index (κ1) is 31.1. The van der Waals surface area contributed by atoms with Gasteiger partial charge in [-0.3, -0.25) is 9.36 Å². The highest BCUT2D eigenvalue weighted by Gasteiger charge is 2.28. The van der Waals surface area contributed by atoms with Crippen LogP contribution >= 0.6 is 23.2 Å². The summed E-state index contributed by atoms with van der Waals surface area (Å²) in [4.78, 5) is 24.1. The van der Waals surface area contributed by atoms with E-state index in [9.17, 15) is 13.2 Å². The fourth-order valence-electron chi connectivity index (χ4n) is 5.54. The summed E-state index contributed by atoms with van der Waals surface area (Å²) in [5.41, 5.74) is 2.68. The normalized spacial score (nSPS) is 17.1. The predicted molar refractivity (Wildman–Crippen MR) is 171 cm³/mol. The summed E-state index contributed by atoms with van der Waals surface area (Å²) in [7, 11) is 0.249. The number of nitrogens with one attached hydrogen (secondary N) is 2. The molecule has 0 bridgehead atoms. The zero-order chi connectivity index (χ0) is 30.6. The summed E-state index contributed by atoms with van der Waals surface area (Å²) >= 11 is 12.6. The van der Waals surface area contributed by atoms with Gasteiger partial charge in [0.15, 0.2) is 6.73 Å². The van der Waals surface area contributed by atoms with Gasteiger partial charge in [0, 0.05) is 25.0 Å². The minimum atomic E-state index is -3.22. The topological polar surface area (TPSA) is 118 Å². The summed E-state index contributed by atoms with van der Waals surface area (Å²) in [5.74, 6) is 0.709. The molecule has 0 amide bonds. The number of hydrogen-bond acceptors (Lipinski definition) is 8. The maximum Gasteiger partial charge on any atom is 0.312 e. The maximum atomic E-state index is 12.9. The number of benzene rings is 2. The zero-order valence-corrected chi connectivity index (χ0v) is 26.3. The average molecular weight is 646 g/mol. The molecule has 13 heteroatoms. The lowest BCUT2D eigenvalue weighted by Gasteiger charge is -2.35. The number of halogens is 2. The molecule has 1 saturated carbocycles. The molecule has 1 fully saturated rings. The highest BCUT2D eigenvalue weighted by atomic mass is 35.5. The number of rotatable bonds is 11. The van der Waals surface area contributed by atoms with Crippen LogP contribution in [-0.4, -0.2) is 54.8 Å². The van der Waals surface area contributed by atoms with Gasteiger partial charge >= 0.3 is 5.97 Å². The van der Waals surface area contributed by atoms with Gasteiger partial charge in [-0.15, -0.1) is 0 Å². The molecular formula is C30H34Cl2N6O4S. The third kappa shape index (κ3) is 7.41. The number of carbonyl (C=O) groups is 1. The lowest BCUT2D eigenvalue weighted by atomic mass is 9.86. The fourth-order valence-corrected chi connectivity index (χ4v) is 7.15. The summed E-state index contributed by atoms with van der Waals surface area (Å²) in [5, 5.41) is 5.04. The van der Waals surface area contributed by atoms with Crippen molar-refractivity contribution in [3.05, 3.63) is 76.7 Å². The number of esters is 1.